The Labute approximate surface area is 176 Å². The second kappa shape index (κ2) is 7.72. The van der Waals surface area contributed by atoms with E-state index in [9.17, 15) is 22.8 Å². The lowest BCUT2D eigenvalue weighted by atomic mass is 9.89. The summed E-state index contributed by atoms with van der Waals surface area (Å²) >= 11 is 3.31. The predicted molar refractivity (Wildman–Crippen MR) is 109 cm³/mol. The summed E-state index contributed by atoms with van der Waals surface area (Å²) in [5.74, 6) is -1.90. The van der Waals surface area contributed by atoms with Crippen LogP contribution in [0.4, 0.5) is 5.69 Å². The highest BCUT2D eigenvalue weighted by molar-refractivity contribution is 9.10. The molecular formula is C20H18BrNO6S. The number of carbonyl (C=O) groups is 3. The SMILES string of the molecule is CC(=O)CCC1(OC(C)=O)C(=O)N(S(=O)(=O)c2ccccc2)c2ccc(Br)cc21. The average Bonchev–Trinajstić information content (AvgIpc) is 2.89. The molecular weight excluding hydrogens is 462 g/mol. The predicted octanol–water partition coefficient (Wildman–Crippen LogP) is 3.31. The number of Topliss-reactive ketones (excluding diaryl/α,β-unsaturated/α-hetero) is 1. The molecule has 0 saturated heterocycles. The zero-order valence-corrected chi connectivity index (χ0v) is 18.1. The van der Waals surface area contributed by atoms with Crippen LogP contribution in [-0.2, 0) is 34.7 Å². The maximum atomic E-state index is 13.5. The van der Waals surface area contributed by atoms with Gasteiger partial charge in [-0.3, -0.25) is 9.59 Å². The Morgan fingerprint density at radius 1 is 1.10 bits per heavy atom. The molecule has 9 heteroatoms. The summed E-state index contributed by atoms with van der Waals surface area (Å²) < 4.78 is 33.2. The fraction of sp³-hybridized carbons (Fsp3) is 0.250. The molecule has 0 radical (unpaired) electrons. The highest BCUT2D eigenvalue weighted by Crippen LogP contribution is 2.48. The number of carbonyl (C=O) groups excluding carboxylic acids is 3. The van der Waals surface area contributed by atoms with Crippen molar-refractivity contribution < 1.29 is 27.5 Å². The first-order valence-electron chi connectivity index (χ1n) is 8.73. The van der Waals surface area contributed by atoms with Crippen LogP contribution in [0.5, 0.6) is 0 Å². The van der Waals surface area contributed by atoms with Crippen molar-refractivity contribution in [1.82, 2.24) is 0 Å². The Bertz CT molecular complexity index is 1100. The van der Waals surface area contributed by atoms with E-state index in [4.69, 9.17) is 4.74 Å². The summed E-state index contributed by atoms with van der Waals surface area (Å²) in [6.45, 7) is 2.48. The molecule has 7 nitrogen and oxygen atoms in total. The van der Waals surface area contributed by atoms with Crippen LogP contribution >= 0.6 is 15.9 Å². The van der Waals surface area contributed by atoms with Gasteiger partial charge in [0.25, 0.3) is 15.9 Å². The molecule has 0 fully saturated rings. The Morgan fingerprint density at radius 3 is 2.34 bits per heavy atom. The van der Waals surface area contributed by atoms with Gasteiger partial charge in [-0.25, -0.2) is 8.42 Å². The molecule has 1 unspecified atom stereocenters. The largest absolute Gasteiger partial charge is 0.444 e. The minimum atomic E-state index is -4.27. The van der Waals surface area contributed by atoms with Gasteiger partial charge in [-0.05, 0) is 37.3 Å². The second-order valence-electron chi connectivity index (χ2n) is 6.67. The zero-order valence-electron chi connectivity index (χ0n) is 15.7. The molecule has 29 heavy (non-hydrogen) atoms. The van der Waals surface area contributed by atoms with Crippen LogP contribution in [0.3, 0.4) is 0 Å². The normalized spacial score (nSPS) is 18.4. The first kappa shape index (κ1) is 21.2. The third kappa shape index (κ3) is 3.72. The van der Waals surface area contributed by atoms with Crippen LogP contribution in [0.15, 0.2) is 57.9 Å². The van der Waals surface area contributed by atoms with Gasteiger partial charge in [0.05, 0.1) is 10.6 Å². The van der Waals surface area contributed by atoms with Crippen molar-refractivity contribution in [2.75, 3.05) is 4.31 Å². The molecule has 2 aromatic rings. The van der Waals surface area contributed by atoms with E-state index >= 15 is 0 Å². The van der Waals surface area contributed by atoms with Crippen molar-refractivity contribution >= 4 is 49.3 Å². The number of ketones is 1. The van der Waals surface area contributed by atoms with Gasteiger partial charge < -0.3 is 9.53 Å². The lowest BCUT2D eigenvalue weighted by molar-refractivity contribution is -0.166. The number of hydrogen-bond acceptors (Lipinski definition) is 6. The summed E-state index contributed by atoms with van der Waals surface area (Å²) in [6.07, 6.45) is -0.227. The van der Waals surface area contributed by atoms with E-state index < -0.39 is 27.5 Å². The second-order valence-corrected chi connectivity index (χ2v) is 9.37. The highest BCUT2D eigenvalue weighted by atomic mass is 79.9. The Balaban J connectivity index is 2.25. The number of hydrogen-bond donors (Lipinski definition) is 0. The van der Waals surface area contributed by atoms with Crippen LogP contribution in [0.2, 0.25) is 0 Å². The standard InChI is InChI=1S/C20H18BrNO6S/c1-13(23)10-11-20(28-14(2)24)17-12-15(21)8-9-18(17)22(19(20)25)29(26,27)16-6-4-3-5-7-16/h3-9,12H,10-11H2,1-2H3. The number of amides is 1. The van der Waals surface area contributed by atoms with E-state index in [1.807, 2.05) is 0 Å². The minimum absolute atomic E-state index is 0.0653. The van der Waals surface area contributed by atoms with Gasteiger partial charge in [-0.1, -0.05) is 34.1 Å². The summed E-state index contributed by atoms with van der Waals surface area (Å²) in [7, 11) is -4.27. The van der Waals surface area contributed by atoms with Crippen LogP contribution in [0.25, 0.3) is 0 Å². The molecule has 0 aliphatic carbocycles. The van der Waals surface area contributed by atoms with Gasteiger partial charge in [-0.15, -0.1) is 0 Å². The fourth-order valence-electron chi connectivity index (χ4n) is 3.32. The number of halogens is 1. The van der Waals surface area contributed by atoms with Crippen LogP contribution in [-0.4, -0.2) is 26.1 Å². The highest BCUT2D eigenvalue weighted by Gasteiger charge is 2.57. The Kier molecular flexibility index (Phi) is 5.64. The maximum Gasteiger partial charge on any atom is 0.304 e. The number of benzene rings is 2. The molecule has 1 amide bonds. The minimum Gasteiger partial charge on any atom is -0.444 e. The third-order valence-corrected chi connectivity index (χ3v) is 6.78. The lowest BCUT2D eigenvalue weighted by Gasteiger charge is -2.28. The molecule has 3 rings (SSSR count). The molecule has 0 aromatic heterocycles. The molecule has 0 saturated carbocycles. The molecule has 0 N–H and O–H groups in total. The topological polar surface area (TPSA) is 97.8 Å². The van der Waals surface area contributed by atoms with Gasteiger partial charge in [0.15, 0.2) is 0 Å². The molecule has 0 bridgehead atoms. The molecule has 0 spiro atoms. The third-order valence-electron chi connectivity index (χ3n) is 4.57. The van der Waals surface area contributed by atoms with Crippen LogP contribution in [0, 0.1) is 0 Å². The average molecular weight is 480 g/mol. The first-order chi connectivity index (χ1) is 13.6. The quantitative estimate of drug-likeness (QED) is 0.589. The van der Waals surface area contributed by atoms with Gasteiger partial charge >= 0.3 is 5.97 Å². The number of esters is 1. The zero-order chi connectivity index (χ0) is 21.4. The van der Waals surface area contributed by atoms with Gasteiger partial charge in [-0.2, -0.15) is 4.31 Å². The summed E-state index contributed by atoms with van der Waals surface area (Å²) in [5, 5.41) is 0. The molecule has 152 valence electrons. The van der Waals surface area contributed by atoms with E-state index in [1.54, 1.807) is 24.3 Å². The number of ether oxygens (including phenoxy) is 1. The number of sulfonamides is 1. The van der Waals surface area contributed by atoms with Crippen molar-refractivity contribution in [3.8, 4) is 0 Å². The van der Waals surface area contributed by atoms with Crippen molar-refractivity contribution in [3.05, 3.63) is 58.6 Å². The fourth-order valence-corrected chi connectivity index (χ4v) is 5.18. The summed E-state index contributed by atoms with van der Waals surface area (Å²) in [5.41, 5.74) is -1.60. The number of rotatable bonds is 6. The maximum absolute atomic E-state index is 13.5. The molecule has 1 atom stereocenters. The molecule has 1 heterocycles. The number of anilines is 1. The molecule has 1 aliphatic rings. The van der Waals surface area contributed by atoms with Gasteiger partial charge in [0.1, 0.15) is 5.78 Å². The van der Waals surface area contributed by atoms with Crippen molar-refractivity contribution in [2.24, 2.45) is 0 Å². The lowest BCUT2D eigenvalue weighted by Crippen LogP contribution is -2.46. The van der Waals surface area contributed by atoms with Crippen molar-refractivity contribution in [3.63, 3.8) is 0 Å². The van der Waals surface area contributed by atoms with Crippen molar-refractivity contribution in [1.29, 1.82) is 0 Å². The molecule has 1 aliphatic heterocycles. The first-order valence-corrected chi connectivity index (χ1v) is 11.0. The Hall–Kier alpha value is -2.52. The van der Waals surface area contributed by atoms with Crippen LogP contribution in [0.1, 0.15) is 32.3 Å². The number of nitrogens with zero attached hydrogens (tertiary/aromatic N) is 1. The Morgan fingerprint density at radius 2 is 1.76 bits per heavy atom. The smallest absolute Gasteiger partial charge is 0.304 e. The molecule has 2 aromatic carbocycles. The van der Waals surface area contributed by atoms with E-state index in [0.29, 0.717) is 8.78 Å². The van der Waals surface area contributed by atoms with E-state index in [2.05, 4.69) is 15.9 Å². The van der Waals surface area contributed by atoms with Crippen LogP contribution < -0.4 is 4.31 Å². The van der Waals surface area contributed by atoms with Gasteiger partial charge in [0.2, 0.25) is 5.60 Å². The number of fused-ring (bicyclic) bond motifs is 1. The van der Waals surface area contributed by atoms with Crippen molar-refractivity contribution in [2.45, 2.75) is 37.2 Å². The summed E-state index contributed by atoms with van der Waals surface area (Å²) in [6, 6.07) is 12.1. The summed E-state index contributed by atoms with van der Waals surface area (Å²) in [4.78, 5) is 36.9. The van der Waals surface area contributed by atoms with E-state index in [-0.39, 0.29) is 34.8 Å². The van der Waals surface area contributed by atoms with Gasteiger partial charge in [0, 0.05) is 29.8 Å². The van der Waals surface area contributed by atoms with E-state index in [1.165, 1.54) is 31.2 Å². The monoisotopic (exact) mass is 479 g/mol. The van der Waals surface area contributed by atoms with E-state index in [0.717, 1.165) is 6.92 Å².